The zero-order chi connectivity index (χ0) is 19.2. The maximum atomic E-state index is 13.1. The smallest absolute Gasteiger partial charge is 0.417 e. The highest BCUT2D eigenvalue weighted by molar-refractivity contribution is 6.05. The minimum atomic E-state index is -4.91. The van der Waals surface area contributed by atoms with E-state index in [2.05, 4.69) is 15.4 Å². The lowest BCUT2D eigenvalue weighted by Crippen LogP contribution is -2.42. The summed E-state index contributed by atoms with van der Waals surface area (Å²) in [5, 5.41) is 15.8. The van der Waals surface area contributed by atoms with Gasteiger partial charge in [-0.15, -0.1) is 0 Å². The van der Waals surface area contributed by atoms with Crippen molar-refractivity contribution in [2.45, 2.75) is 13.1 Å². The summed E-state index contributed by atoms with van der Waals surface area (Å²) in [6.45, 7) is 1.30. The van der Waals surface area contributed by atoms with Crippen molar-refractivity contribution in [3.05, 3.63) is 23.3 Å². The number of hydrogen-bond donors (Lipinski definition) is 4. The number of ether oxygens (including phenoxy) is 1. The number of halogens is 3. The number of carbonyl (C=O) groups is 3. The van der Waals surface area contributed by atoms with Crippen LogP contribution in [0.1, 0.15) is 22.8 Å². The second-order valence-corrected chi connectivity index (χ2v) is 4.76. The highest BCUT2D eigenvalue weighted by Gasteiger charge is 2.37. The predicted octanol–water partition coefficient (Wildman–Crippen LogP) is 0.995. The zero-order valence-electron chi connectivity index (χ0n) is 13.3. The van der Waals surface area contributed by atoms with Crippen molar-refractivity contribution in [2.75, 3.05) is 20.2 Å². The molecule has 4 amide bonds. The predicted molar refractivity (Wildman–Crippen MR) is 79.2 cm³/mol. The number of phenols is 1. The van der Waals surface area contributed by atoms with Gasteiger partial charge in [0, 0.05) is 20.0 Å². The first-order chi connectivity index (χ1) is 11.6. The van der Waals surface area contributed by atoms with Gasteiger partial charge in [-0.05, 0) is 12.1 Å². The molecule has 0 aliphatic heterocycles. The summed E-state index contributed by atoms with van der Waals surface area (Å²) in [4.78, 5) is 34.1. The normalized spacial score (nSPS) is 10.8. The minimum absolute atomic E-state index is 0.0430. The van der Waals surface area contributed by atoms with Crippen molar-refractivity contribution >= 4 is 17.8 Å². The molecule has 0 radical (unpaired) electrons. The van der Waals surface area contributed by atoms with Gasteiger partial charge in [0.1, 0.15) is 0 Å². The Hall–Kier alpha value is -2.98. The van der Waals surface area contributed by atoms with Crippen LogP contribution < -0.4 is 20.7 Å². The van der Waals surface area contributed by atoms with Crippen molar-refractivity contribution in [3.63, 3.8) is 0 Å². The van der Waals surface area contributed by atoms with Gasteiger partial charge in [0.2, 0.25) is 5.91 Å². The summed E-state index contributed by atoms with van der Waals surface area (Å²) in [5.74, 6) is -2.85. The molecule has 138 valence electrons. The van der Waals surface area contributed by atoms with Crippen molar-refractivity contribution in [1.82, 2.24) is 16.0 Å². The summed E-state index contributed by atoms with van der Waals surface area (Å²) < 4.78 is 43.8. The third-order valence-electron chi connectivity index (χ3n) is 2.88. The lowest BCUT2D eigenvalue weighted by molar-refractivity contribution is -0.138. The van der Waals surface area contributed by atoms with E-state index in [1.807, 2.05) is 0 Å². The topological polar surface area (TPSA) is 117 Å². The number of hydrogen-bond acceptors (Lipinski definition) is 5. The van der Waals surface area contributed by atoms with Crippen LogP contribution in [0.5, 0.6) is 11.5 Å². The van der Waals surface area contributed by atoms with Gasteiger partial charge in [0.25, 0.3) is 5.91 Å². The highest BCUT2D eigenvalue weighted by Crippen LogP contribution is 2.38. The molecule has 11 heteroatoms. The molecule has 0 atom stereocenters. The number of imide groups is 1. The summed E-state index contributed by atoms with van der Waals surface area (Å²) in [6, 6.07) is -0.0423. The second kappa shape index (κ2) is 8.22. The molecule has 1 aromatic carbocycles. The van der Waals surface area contributed by atoms with Gasteiger partial charge in [-0.25, -0.2) is 4.79 Å². The Bertz CT molecular complexity index is 676. The average Bonchev–Trinajstić information content (AvgIpc) is 2.49. The molecule has 0 fully saturated rings. The Morgan fingerprint density at radius 2 is 1.76 bits per heavy atom. The van der Waals surface area contributed by atoms with Crippen molar-refractivity contribution in [2.24, 2.45) is 0 Å². The molecule has 0 saturated carbocycles. The third kappa shape index (κ3) is 5.86. The van der Waals surface area contributed by atoms with Crippen LogP contribution in [-0.2, 0) is 11.0 Å². The first kappa shape index (κ1) is 20.1. The Labute approximate surface area is 140 Å². The summed E-state index contributed by atoms with van der Waals surface area (Å²) in [5.41, 5.74) is -2.31. The lowest BCUT2D eigenvalue weighted by atomic mass is 10.0. The molecule has 0 aliphatic rings. The largest absolute Gasteiger partial charge is 0.504 e. The van der Waals surface area contributed by atoms with Crippen molar-refractivity contribution < 1.29 is 37.4 Å². The first-order valence-electron chi connectivity index (χ1n) is 6.88. The molecule has 0 bridgehead atoms. The van der Waals surface area contributed by atoms with Crippen LogP contribution in [0.2, 0.25) is 0 Å². The fourth-order valence-corrected chi connectivity index (χ4v) is 1.78. The third-order valence-corrected chi connectivity index (χ3v) is 2.88. The summed E-state index contributed by atoms with van der Waals surface area (Å²) in [7, 11) is 1.05. The summed E-state index contributed by atoms with van der Waals surface area (Å²) >= 11 is 0. The first-order valence-corrected chi connectivity index (χ1v) is 6.88. The Morgan fingerprint density at radius 3 is 2.28 bits per heavy atom. The molecule has 8 nitrogen and oxygen atoms in total. The zero-order valence-corrected chi connectivity index (χ0v) is 13.3. The van der Waals surface area contributed by atoms with Crippen LogP contribution in [0.25, 0.3) is 0 Å². The van der Waals surface area contributed by atoms with Gasteiger partial charge in [-0.2, -0.15) is 13.2 Å². The van der Waals surface area contributed by atoms with Crippen LogP contribution in [-0.4, -0.2) is 43.2 Å². The van der Waals surface area contributed by atoms with Gasteiger partial charge in [-0.1, -0.05) is 0 Å². The lowest BCUT2D eigenvalue weighted by Gasteiger charge is -2.15. The van der Waals surface area contributed by atoms with E-state index >= 15 is 0 Å². The maximum absolute atomic E-state index is 13.1. The minimum Gasteiger partial charge on any atom is -0.504 e. The quantitative estimate of drug-likeness (QED) is 0.582. The monoisotopic (exact) mass is 363 g/mol. The van der Waals surface area contributed by atoms with Gasteiger partial charge < -0.3 is 20.5 Å². The van der Waals surface area contributed by atoms with E-state index in [1.165, 1.54) is 6.92 Å². The van der Waals surface area contributed by atoms with E-state index in [9.17, 15) is 32.7 Å². The average molecular weight is 363 g/mol. The number of nitrogens with one attached hydrogen (secondary N) is 3. The Morgan fingerprint density at radius 1 is 1.16 bits per heavy atom. The van der Waals surface area contributed by atoms with Crippen LogP contribution in [0.4, 0.5) is 18.0 Å². The fraction of sp³-hybridized carbons (Fsp3) is 0.357. The van der Waals surface area contributed by atoms with E-state index < -0.39 is 40.7 Å². The highest BCUT2D eigenvalue weighted by atomic mass is 19.4. The van der Waals surface area contributed by atoms with E-state index in [0.29, 0.717) is 12.1 Å². The van der Waals surface area contributed by atoms with E-state index in [0.717, 1.165) is 7.11 Å². The molecule has 0 aromatic heterocycles. The van der Waals surface area contributed by atoms with Gasteiger partial charge in [0.15, 0.2) is 11.5 Å². The number of aromatic hydroxyl groups is 1. The molecule has 1 rings (SSSR count). The van der Waals surface area contributed by atoms with Crippen LogP contribution >= 0.6 is 0 Å². The molecule has 0 unspecified atom stereocenters. The van der Waals surface area contributed by atoms with Crippen LogP contribution in [0.3, 0.4) is 0 Å². The van der Waals surface area contributed by atoms with E-state index in [1.54, 1.807) is 5.32 Å². The number of amides is 4. The number of benzene rings is 1. The fourth-order valence-electron chi connectivity index (χ4n) is 1.78. The summed E-state index contributed by atoms with van der Waals surface area (Å²) in [6.07, 6.45) is -4.91. The molecular formula is C14H16F3N3O5. The molecule has 1 aromatic rings. The second-order valence-electron chi connectivity index (χ2n) is 4.76. The van der Waals surface area contributed by atoms with Crippen molar-refractivity contribution in [3.8, 4) is 11.5 Å². The molecule has 25 heavy (non-hydrogen) atoms. The number of urea groups is 1. The molecular weight excluding hydrogens is 347 g/mol. The number of rotatable bonds is 5. The molecule has 0 aliphatic carbocycles. The molecule has 0 spiro atoms. The van der Waals surface area contributed by atoms with E-state index in [-0.39, 0.29) is 19.0 Å². The number of methoxy groups -OCH3 is 1. The van der Waals surface area contributed by atoms with Crippen LogP contribution in [0.15, 0.2) is 12.1 Å². The standard InChI is InChI=1S/C14H16F3N3O5/c1-7(21)18-3-4-19-13(24)20-12(23)8-5-10(22)11(25-2)6-9(8)14(15,16)17/h5-6,22H,3-4H2,1-2H3,(H,18,21)(H2,19,20,23,24). The van der Waals surface area contributed by atoms with Gasteiger partial charge in [0.05, 0.1) is 18.2 Å². The number of phenolic OH excluding ortho intramolecular Hbond substituents is 1. The van der Waals surface area contributed by atoms with Gasteiger partial charge >= 0.3 is 12.2 Å². The maximum Gasteiger partial charge on any atom is 0.417 e. The van der Waals surface area contributed by atoms with Crippen LogP contribution in [0, 0.1) is 0 Å². The molecule has 4 N–H and O–H groups in total. The Balaban J connectivity index is 2.88. The number of carbonyl (C=O) groups excluding carboxylic acids is 3. The van der Waals surface area contributed by atoms with Gasteiger partial charge in [-0.3, -0.25) is 14.9 Å². The SMILES string of the molecule is COc1cc(C(F)(F)F)c(C(=O)NC(=O)NCCNC(C)=O)cc1O. The molecule has 0 saturated heterocycles. The number of alkyl halides is 3. The van der Waals surface area contributed by atoms with E-state index in [4.69, 9.17) is 0 Å². The Kier molecular flexibility index (Phi) is 6.60. The van der Waals surface area contributed by atoms with Crippen molar-refractivity contribution in [1.29, 1.82) is 0 Å². The molecule has 0 heterocycles.